The van der Waals surface area contributed by atoms with Crippen LogP contribution in [0.25, 0.3) is 0 Å². The van der Waals surface area contributed by atoms with Gasteiger partial charge in [0, 0.05) is 11.9 Å². The van der Waals surface area contributed by atoms with Crippen molar-refractivity contribution in [3.8, 4) is 0 Å². The fourth-order valence-corrected chi connectivity index (χ4v) is 1.43. The molecule has 0 bridgehead atoms. The summed E-state index contributed by atoms with van der Waals surface area (Å²) in [4.78, 5) is 3.63. The number of nitrogen functional groups attached to an aromatic ring is 1. The molecule has 0 aliphatic heterocycles. The SMILES string of the molecule is Nc1ccc(N=Cc2c(F)c(F)c(F)c(F)c2F)cc1. The third-order valence-electron chi connectivity index (χ3n) is 2.48. The molecular formula is C13H7F5N2. The quantitative estimate of drug-likeness (QED) is 0.295. The Morgan fingerprint density at radius 3 is 1.70 bits per heavy atom. The third-order valence-corrected chi connectivity index (χ3v) is 2.48. The van der Waals surface area contributed by atoms with E-state index < -0.39 is 34.6 Å². The molecule has 2 aromatic rings. The molecule has 0 amide bonds. The van der Waals surface area contributed by atoms with E-state index in [1.165, 1.54) is 24.3 Å². The van der Waals surface area contributed by atoms with E-state index in [4.69, 9.17) is 5.73 Å². The van der Waals surface area contributed by atoms with Crippen LogP contribution in [0, 0.1) is 29.1 Å². The highest BCUT2D eigenvalue weighted by Crippen LogP contribution is 2.22. The first-order valence-electron chi connectivity index (χ1n) is 5.33. The van der Waals surface area contributed by atoms with E-state index in [1.807, 2.05) is 0 Å². The summed E-state index contributed by atoms with van der Waals surface area (Å²) in [5.41, 5.74) is 5.02. The molecule has 2 rings (SSSR count). The summed E-state index contributed by atoms with van der Waals surface area (Å²) in [6, 6.07) is 5.81. The third kappa shape index (κ3) is 2.47. The maximum atomic E-state index is 13.3. The monoisotopic (exact) mass is 286 g/mol. The Labute approximate surface area is 110 Å². The normalized spacial score (nSPS) is 11.2. The van der Waals surface area contributed by atoms with Crippen molar-refractivity contribution in [3.63, 3.8) is 0 Å². The van der Waals surface area contributed by atoms with Crippen molar-refractivity contribution < 1.29 is 22.0 Å². The van der Waals surface area contributed by atoms with E-state index in [2.05, 4.69) is 4.99 Å². The van der Waals surface area contributed by atoms with Crippen LogP contribution in [-0.4, -0.2) is 6.21 Å². The minimum absolute atomic E-state index is 0.253. The van der Waals surface area contributed by atoms with E-state index in [9.17, 15) is 22.0 Å². The second-order valence-corrected chi connectivity index (χ2v) is 3.83. The van der Waals surface area contributed by atoms with Crippen LogP contribution in [0.2, 0.25) is 0 Å². The fraction of sp³-hybridized carbons (Fsp3) is 0. The predicted molar refractivity (Wildman–Crippen MR) is 64.3 cm³/mol. The number of nitrogens with two attached hydrogens (primary N) is 1. The summed E-state index contributed by atoms with van der Waals surface area (Å²) in [6.07, 6.45) is 0.571. The van der Waals surface area contributed by atoms with Crippen molar-refractivity contribution in [2.75, 3.05) is 5.73 Å². The van der Waals surface area contributed by atoms with Crippen molar-refractivity contribution in [2.24, 2.45) is 4.99 Å². The van der Waals surface area contributed by atoms with E-state index >= 15 is 0 Å². The molecule has 2 N–H and O–H groups in total. The van der Waals surface area contributed by atoms with Gasteiger partial charge in [0.05, 0.1) is 11.3 Å². The molecule has 20 heavy (non-hydrogen) atoms. The van der Waals surface area contributed by atoms with E-state index in [0.717, 1.165) is 0 Å². The Morgan fingerprint density at radius 1 is 0.750 bits per heavy atom. The van der Waals surface area contributed by atoms with Crippen molar-refractivity contribution in [3.05, 3.63) is 58.9 Å². The second kappa shape index (κ2) is 5.28. The lowest BCUT2D eigenvalue weighted by Gasteiger charge is -2.03. The Balaban J connectivity index is 2.46. The number of anilines is 1. The fourth-order valence-electron chi connectivity index (χ4n) is 1.43. The first-order chi connectivity index (χ1) is 9.41. The summed E-state index contributed by atoms with van der Waals surface area (Å²) >= 11 is 0. The summed E-state index contributed by atoms with van der Waals surface area (Å²) in [7, 11) is 0. The predicted octanol–water partition coefficient (Wildman–Crippen LogP) is 3.71. The van der Waals surface area contributed by atoms with Gasteiger partial charge < -0.3 is 5.73 Å². The van der Waals surface area contributed by atoms with Crippen molar-refractivity contribution in [1.29, 1.82) is 0 Å². The Bertz CT molecular complexity index is 651. The highest BCUT2D eigenvalue weighted by Gasteiger charge is 2.24. The minimum Gasteiger partial charge on any atom is -0.399 e. The van der Waals surface area contributed by atoms with E-state index in [0.29, 0.717) is 11.9 Å². The van der Waals surface area contributed by atoms with Crippen LogP contribution in [0.1, 0.15) is 5.56 Å². The number of hydrogen-bond acceptors (Lipinski definition) is 2. The molecule has 0 aliphatic rings. The van der Waals surface area contributed by atoms with E-state index in [-0.39, 0.29) is 5.69 Å². The van der Waals surface area contributed by atoms with Gasteiger partial charge >= 0.3 is 0 Å². The molecule has 7 heteroatoms. The Morgan fingerprint density at radius 2 is 1.20 bits per heavy atom. The topological polar surface area (TPSA) is 38.4 Å². The van der Waals surface area contributed by atoms with Gasteiger partial charge in [0.1, 0.15) is 0 Å². The maximum absolute atomic E-state index is 13.3. The van der Waals surface area contributed by atoms with Gasteiger partial charge in [-0.1, -0.05) is 0 Å². The zero-order valence-corrected chi connectivity index (χ0v) is 9.80. The average Bonchev–Trinajstić information content (AvgIpc) is 2.45. The zero-order valence-electron chi connectivity index (χ0n) is 9.80. The lowest BCUT2D eigenvalue weighted by atomic mass is 10.2. The van der Waals surface area contributed by atoms with Gasteiger partial charge in [-0.2, -0.15) is 0 Å². The van der Waals surface area contributed by atoms with Crippen LogP contribution >= 0.6 is 0 Å². The largest absolute Gasteiger partial charge is 0.399 e. The van der Waals surface area contributed by atoms with Gasteiger partial charge in [0.15, 0.2) is 23.3 Å². The lowest BCUT2D eigenvalue weighted by molar-refractivity contribution is 0.377. The lowest BCUT2D eigenvalue weighted by Crippen LogP contribution is -2.06. The number of hydrogen-bond donors (Lipinski definition) is 1. The van der Waals surface area contributed by atoms with Crippen molar-refractivity contribution in [1.82, 2.24) is 0 Å². The van der Waals surface area contributed by atoms with Gasteiger partial charge in [-0.3, -0.25) is 4.99 Å². The molecule has 0 aromatic heterocycles. The molecule has 104 valence electrons. The molecular weight excluding hydrogens is 279 g/mol. The molecule has 0 unspecified atom stereocenters. The molecule has 0 heterocycles. The van der Waals surface area contributed by atoms with Crippen LogP contribution in [0.15, 0.2) is 29.3 Å². The molecule has 2 aromatic carbocycles. The second-order valence-electron chi connectivity index (χ2n) is 3.83. The number of halogens is 5. The first-order valence-corrected chi connectivity index (χ1v) is 5.33. The molecule has 2 nitrogen and oxygen atoms in total. The molecule has 0 atom stereocenters. The maximum Gasteiger partial charge on any atom is 0.200 e. The van der Waals surface area contributed by atoms with Crippen LogP contribution in [0.3, 0.4) is 0 Å². The summed E-state index contributed by atoms with van der Waals surface area (Å²) in [5.74, 6) is -10.1. The smallest absolute Gasteiger partial charge is 0.200 e. The van der Waals surface area contributed by atoms with Gasteiger partial charge in [-0.05, 0) is 24.3 Å². The number of nitrogens with zero attached hydrogens (tertiary/aromatic N) is 1. The van der Waals surface area contributed by atoms with Crippen LogP contribution in [-0.2, 0) is 0 Å². The van der Waals surface area contributed by atoms with E-state index in [1.54, 1.807) is 0 Å². The summed E-state index contributed by atoms with van der Waals surface area (Å²) in [6.45, 7) is 0. The van der Waals surface area contributed by atoms with Gasteiger partial charge in [-0.15, -0.1) is 0 Å². The van der Waals surface area contributed by atoms with Crippen molar-refractivity contribution in [2.45, 2.75) is 0 Å². The Hall–Kier alpha value is -2.44. The standard InChI is InChI=1S/C13H7F5N2/c14-9-8(10(15)12(17)13(18)11(9)16)5-20-7-3-1-6(19)2-4-7/h1-5H,19H2. The summed E-state index contributed by atoms with van der Waals surface area (Å²) in [5, 5.41) is 0. The molecule has 0 spiro atoms. The van der Waals surface area contributed by atoms with Gasteiger partial charge in [0.2, 0.25) is 5.82 Å². The van der Waals surface area contributed by atoms with Gasteiger partial charge in [0.25, 0.3) is 0 Å². The number of rotatable bonds is 2. The average molecular weight is 286 g/mol. The molecule has 0 saturated heterocycles. The molecule has 0 radical (unpaired) electrons. The van der Waals surface area contributed by atoms with Crippen molar-refractivity contribution >= 4 is 17.6 Å². The molecule has 0 fully saturated rings. The minimum atomic E-state index is -2.20. The number of benzene rings is 2. The Kier molecular flexibility index (Phi) is 3.69. The van der Waals surface area contributed by atoms with Crippen LogP contribution in [0.4, 0.5) is 33.3 Å². The first kappa shape index (κ1) is 14.0. The molecule has 0 aliphatic carbocycles. The number of aliphatic imine (C=N–C) groups is 1. The highest BCUT2D eigenvalue weighted by molar-refractivity contribution is 5.82. The van der Waals surface area contributed by atoms with Crippen LogP contribution in [0.5, 0.6) is 0 Å². The van der Waals surface area contributed by atoms with Gasteiger partial charge in [-0.25, -0.2) is 22.0 Å². The van der Waals surface area contributed by atoms with Crippen LogP contribution < -0.4 is 5.73 Å². The highest BCUT2D eigenvalue weighted by atomic mass is 19.2. The zero-order chi connectivity index (χ0) is 14.9. The summed E-state index contributed by atoms with van der Waals surface area (Å²) < 4.78 is 65.4. The molecule has 0 saturated carbocycles.